The van der Waals surface area contributed by atoms with Gasteiger partial charge in [-0.1, -0.05) is 23.2 Å². The van der Waals surface area contributed by atoms with E-state index in [1.54, 1.807) is 28.1 Å². The number of nitrogens with zero attached hydrogens (tertiary/aromatic N) is 2. The summed E-state index contributed by atoms with van der Waals surface area (Å²) in [4.78, 5) is 14.2. The van der Waals surface area contributed by atoms with Gasteiger partial charge in [-0.25, -0.2) is 15.2 Å². The van der Waals surface area contributed by atoms with E-state index < -0.39 is 0 Å². The molecule has 1 heterocycles. The largest absolute Gasteiger partial charge is 0.340 e. The number of hydrazine groups is 1. The SMILES string of the molecule is CN1C(=O)N(c2ccc(Cl)c(Cl)c2)NC12CCCC2. The first kappa shape index (κ1) is 13.0. The number of hydrogen-bond acceptors (Lipinski definition) is 2. The average molecular weight is 300 g/mol. The van der Waals surface area contributed by atoms with Crippen LogP contribution < -0.4 is 10.4 Å². The first-order chi connectivity index (χ1) is 9.03. The van der Waals surface area contributed by atoms with E-state index in [0.717, 1.165) is 31.4 Å². The summed E-state index contributed by atoms with van der Waals surface area (Å²) in [6, 6.07) is 5.14. The quantitative estimate of drug-likeness (QED) is 0.859. The lowest BCUT2D eigenvalue weighted by atomic mass is 10.1. The van der Waals surface area contributed by atoms with Gasteiger partial charge in [0.05, 0.1) is 15.7 Å². The Bertz CT molecular complexity index is 529. The zero-order chi connectivity index (χ0) is 13.6. The first-order valence-corrected chi connectivity index (χ1v) is 7.10. The molecule has 0 unspecified atom stereocenters. The van der Waals surface area contributed by atoms with Crippen molar-refractivity contribution in [1.29, 1.82) is 0 Å². The minimum atomic E-state index is -0.233. The molecule has 0 atom stereocenters. The third-order valence-electron chi connectivity index (χ3n) is 4.03. The molecule has 1 saturated heterocycles. The van der Waals surface area contributed by atoms with Crippen LogP contribution in [0, 0.1) is 0 Å². The van der Waals surface area contributed by atoms with Gasteiger partial charge in [0.1, 0.15) is 5.66 Å². The molecule has 1 saturated carbocycles. The second-order valence-corrected chi connectivity index (χ2v) is 5.94. The summed E-state index contributed by atoms with van der Waals surface area (Å²) in [6.07, 6.45) is 4.24. The summed E-state index contributed by atoms with van der Waals surface area (Å²) in [7, 11) is 1.85. The molecule has 0 bridgehead atoms. The molecule has 0 aromatic heterocycles. The van der Waals surface area contributed by atoms with Crippen molar-refractivity contribution in [2.45, 2.75) is 31.3 Å². The maximum atomic E-state index is 12.4. The van der Waals surface area contributed by atoms with Crippen molar-refractivity contribution in [2.24, 2.45) is 0 Å². The molecular formula is C13H15Cl2N3O. The predicted octanol–water partition coefficient (Wildman–Crippen LogP) is 3.64. The van der Waals surface area contributed by atoms with Gasteiger partial charge in [-0.3, -0.25) is 0 Å². The average Bonchev–Trinajstić information content (AvgIpc) is 2.95. The topological polar surface area (TPSA) is 35.6 Å². The zero-order valence-corrected chi connectivity index (χ0v) is 12.1. The highest BCUT2D eigenvalue weighted by molar-refractivity contribution is 6.42. The Morgan fingerprint density at radius 1 is 1.21 bits per heavy atom. The Balaban J connectivity index is 1.93. The Kier molecular flexibility index (Phi) is 3.12. The maximum absolute atomic E-state index is 12.4. The van der Waals surface area contributed by atoms with Crippen LogP contribution in [0.4, 0.5) is 10.5 Å². The molecule has 1 N–H and O–H groups in total. The van der Waals surface area contributed by atoms with Gasteiger partial charge < -0.3 is 4.90 Å². The number of nitrogens with one attached hydrogen (secondary N) is 1. The second kappa shape index (κ2) is 4.54. The van der Waals surface area contributed by atoms with Crippen LogP contribution in [-0.2, 0) is 0 Å². The van der Waals surface area contributed by atoms with Gasteiger partial charge >= 0.3 is 6.03 Å². The minimum absolute atomic E-state index is 0.0553. The molecule has 2 aliphatic rings. The van der Waals surface area contributed by atoms with Crippen molar-refractivity contribution >= 4 is 34.9 Å². The lowest BCUT2D eigenvalue weighted by Crippen LogP contribution is -2.49. The van der Waals surface area contributed by atoms with Crippen LogP contribution in [0.3, 0.4) is 0 Å². The van der Waals surface area contributed by atoms with E-state index in [2.05, 4.69) is 5.43 Å². The van der Waals surface area contributed by atoms with Gasteiger partial charge in [0.25, 0.3) is 0 Å². The van der Waals surface area contributed by atoms with Gasteiger partial charge in [0.15, 0.2) is 0 Å². The lowest BCUT2D eigenvalue weighted by molar-refractivity contribution is 0.161. The Morgan fingerprint density at radius 3 is 2.53 bits per heavy atom. The van der Waals surface area contributed by atoms with E-state index in [4.69, 9.17) is 23.2 Å². The molecule has 102 valence electrons. The first-order valence-electron chi connectivity index (χ1n) is 6.34. The van der Waals surface area contributed by atoms with Crippen LogP contribution in [0.2, 0.25) is 10.0 Å². The predicted molar refractivity (Wildman–Crippen MR) is 76.4 cm³/mol. The molecular weight excluding hydrogens is 285 g/mol. The molecule has 1 spiro atoms. The maximum Gasteiger partial charge on any atom is 0.340 e. The summed E-state index contributed by atoms with van der Waals surface area (Å²) >= 11 is 11.9. The van der Waals surface area contributed by atoms with Crippen molar-refractivity contribution in [3.8, 4) is 0 Å². The van der Waals surface area contributed by atoms with Crippen LogP contribution >= 0.6 is 23.2 Å². The molecule has 1 aliphatic carbocycles. The fraction of sp³-hybridized carbons (Fsp3) is 0.462. The summed E-state index contributed by atoms with van der Waals surface area (Å²) in [5.74, 6) is 0. The number of benzene rings is 1. The zero-order valence-electron chi connectivity index (χ0n) is 10.6. The smallest absolute Gasteiger partial charge is 0.306 e. The number of anilines is 1. The van der Waals surface area contributed by atoms with Crippen LogP contribution in [-0.4, -0.2) is 23.6 Å². The summed E-state index contributed by atoms with van der Waals surface area (Å²) in [6.45, 7) is 0. The van der Waals surface area contributed by atoms with E-state index in [-0.39, 0.29) is 11.7 Å². The molecule has 2 amide bonds. The number of amides is 2. The third-order valence-corrected chi connectivity index (χ3v) is 4.77. The van der Waals surface area contributed by atoms with Crippen LogP contribution in [0.15, 0.2) is 18.2 Å². The van der Waals surface area contributed by atoms with Gasteiger partial charge in [0.2, 0.25) is 0 Å². The van der Waals surface area contributed by atoms with Crippen molar-refractivity contribution in [3.05, 3.63) is 28.2 Å². The monoisotopic (exact) mass is 299 g/mol. The number of urea groups is 1. The molecule has 3 rings (SSSR count). The normalized spacial score (nSPS) is 21.7. The highest BCUT2D eigenvalue weighted by Gasteiger charge is 2.49. The van der Waals surface area contributed by atoms with Crippen molar-refractivity contribution in [3.63, 3.8) is 0 Å². The molecule has 4 nitrogen and oxygen atoms in total. The fourth-order valence-electron chi connectivity index (χ4n) is 2.87. The van der Waals surface area contributed by atoms with Crippen molar-refractivity contribution in [2.75, 3.05) is 12.1 Å². The van der Waals surface area contributed by atoms with Crippen LogP contribution in [0.25, 0.3) is 0 Å². The molecule has 6 heteroatoms. The van der Waals surface area contributed by atoms with Gasteiger partial charge in [0, 0.05) is 7.05 Å². The second-order valence-electron chi connectivity index (χ2n) is 5.13. The molecule has 0 radical (unpaired) electrons. The molecule has 1 aliphatic heterocycles. The fourth-order valence-corrected chi connectivity index (χ4v) is 3.16. The summed E-state index contributed by atoms with van der Waals surface area (Å²) < 4.78 is 0. The van der Waals surface area contributed by atoms with Crippen molar-refractivity contribution in [1.82, 2.24) is 10.3 Å². The van der Waals surface area contributed by atoms with E-state index in [1.807, 2.05) is 7.05 Å². The van der Waals surface area contributed by atoms with E-state index >= 15 is 0 Å². The lowest BCUT2D eigenvalue weighted by Gasteiger charge is -2.29. The number of carbonyl (C=O) groups excluding carboxylic acids is 1. The van der Waals surface area contributed by atoms with E-state index in [0.29, 0.717) is 10.0 Å². The number of rotatable bonds is 1. The summed E-state index contributed by atoms with van der Waals surface area (Å²) in [5.41, 5.74) is 3.82. The minimum Gasteiger partial charge on any atom is -0.306 e. The summed E-state index contributed by atoms with van der Waals surface area (Å²) in [5, 5.41) is 2.50. The number of carbonyl (C=O) groups is 1. The number of halogens is 2. The molecule has 19 heavy (non-hydrogen) atoms. The standard InChI is InChI=1S/C13H15Cl2N3O/c1-17-12(19)18(16-13(17)6-2-3-7-13)9-4-5-10(14)11(15)8-9/h4-5,8,16H,2-3,6-7H2,1H3. The van der Waals surface area contributed by atoms with Gasteiger partial charge in [-0.05, 0) is 43.9 Å². The van der Waals surface area contributed by atoms with Crippen LogP contribution in [0.1, 0.15) is 25.7 Å². The van der Waals surface area contributed by atoms with Gasteiger partial charge in [-0.2, -0.15) is 0 Å². The Morgan fingerprint density at radius 2 is 1.89 bits per heavy atom. The Hall–Kier alpha value is -0.970. The van der Waals surface area contributed by atoms with Gasteiger partial charge in [-0.15, -0.1) is 0 Å². The Labute approximate surface area is 122 Å². The molecule has 1 aromatic carbocycles. The number of hydrogen-bond donors (Lipinski definition) is 1. The third kappa shape index (κ3) is 1.98. The van der Waals surface area contributed by atoms with Crippen LogP contribution in [0.5, 0.6) is 0 Å². The highest BCUT2D eigenvalue weighted by atomic mass is 35.5. The molecule has 1 aromatic rings. The highest BCUT2D eigenvalue weighted by Crippen LogP contribution is 2.38. The van der Waals surface area contributed by atoms with E-state index in [1.165, 1.54) is 0 Å². The molecule has 2 fully saturated rings. The van der Waals surface area contributed by atoms with E-state index in [9.17, 15) is 4.79 Å². The van der Waals surface area contributed by atoms with Crippen molar-refractivity contribution < 1.29 is 4.79 Å².